The number of benzene rings is 1. The highest BCUT2D eigenvalue weighted by Crippen LogP contribution is 2.44. The smallest absolute Gasteiger partial charge is 0.269 e. The van der Waals surface area contributed by atoms with Gasteiger partial charge in [-0.3, -0.25) is 14.9 Å². The molecule has 1 N–H and O–H groups in total. The number of hydrogen-bond acceptors (Lipinski definition) is 7. The molecule has 0 fully saturated rings. The Morgan fingerprint density at radius 3 is 2.90 bits per heavy atom. The molecule has 1 aromatic carbocycles. The number of nitrogens with one attached hydrogen (secondary N) is 1. The quantitative estimate of drug-likeness (QED) is 0.536. The fraction of sp³-hybridized carbons (Fsp3) is 0.250. The molecular formula is C20H17N5O4. The van der Waals surface area contributed by atoms with Gasteiger partial charge in [0.15, 0.2) is 5.78 Å². The summed E-state index contributed by atoms with van der Waals surface area (Å²) in [5.74, 6) is 1.74. The van der Waals surface area contributed by atoms with Crippen molar-refractivity contribution in [2.75, 3.05) is 5.32 Å². The third-order valence-electron chi connectivity index (χ3n) is 5.37. The van der Waals surface area contributed by atoms with Crippen molar-refractivity contribution in [3.8, 4) is 0 Å². The maximum Gasteiger partial charge on any atom is 0.269 e. The monoisotopic (exact) mass is 391 g/mol. The molecular weight excluding hydrogens is 374 g/mol. The van der Waals surface area contributed by atoms with Crippen molar-refractivity contribution in [2.24, 2.45) is 0 Å². The molecule has 1 aliphatic heterocycles. The van der Waals surface area contributed by atoms with E-state index in [1.54, 1.807) is 30.0 Å². The molecule has 9 nitrogen and oxygen atoms in total. The van der Waals surface area contributed by atoms with Crippen molar-refractivity contribution in [1.29, 1.82) is 0 Å². The van der Waals surface area contributed by atoms with Crippen molar-refractivity contribution in [2.45, 2.75) is 31.7 Å². The largest absolute Gasteiger partial charge is 0.469 e. The summed E-state index contributed by atoms with van der Waals surface area (Å²) in [4.78, 5) is 28.5. The molecule has 3 aromatic rings. The van der Waals surface area contributed by atoms with Gasteiger partial charge in [-0.15, -0.1) is 0 Å². The molecule has 0 amide bonds. The Labute approximate surface area is 165 Å². The van der Waals surface area contributed by atoms with Gasteiger partial charge >= 0.3 is 0 Å². The first-order chi connectivity index (χ1) is 14.0. The number of allylic oxidation sites excluding steroid dienone is 2. The SMILES string of the molecule is Cc1nc2n(n1)[C@H](c1cccc([N+](=O)[O-])c1)C1=C(C[C@@H](c3ccco3)CC1=O)N2. The Morgan fingerprint density at radius 2 is 2.14 bits per heavy atom. The Morgan fingerprint density at radius 1 is 1.28 bits per heavy atom. The summed E-state index contributed by atoms with van der Waals surface area (Å²) in [6.07, 6.45) is 2.50. The summed E-state index contributed by atoms with van der Waals surface area (Å²) in [5.41, 5.74) is 1.94. The van der Waals surface area contributed by atoms with Gasteiger partial charge in [-0.2, -0.15) is 10.1 Å². The van der Waals surface area contributed by atoms with Crippen molar-refractivity contribution >= 4 is 17.4 Å². The van der Waals surface area contributed by atoms with Crippen LogP contribution in [0.4, 0.5) is 11.6 Å². The minimum absolute atomic E-state index is 0.0294. The van der Waals surface area contributed by atoms with E-state index in [1.165, 1.54) is 12.1 Å². The first-order valence-corrected chi connectivity index (χ1v) is 9.25. The lowest BCUT2D eigenvalue weighted by Gasteiger charge is -2.34. The molecule has 9 heteroatoms. The van der Waals surface area contributed by atoms with Crippen LogP contribution in [0.3, 0.4) is 0 Å². The molecule has 0 saturated heterocycles. The number of hydrogen-bond donors (Lipinski definition) is 1. The minimum Gasteiger partial charge on any atom is -0.469 e. The number of Topliss-reactive ketones (excluding diaryl/α,β-unsaturated/α-hetero) is 1. The fourth-order valence-electron chi connectivity index (χ4n) is 4.16. The lowest BCUT2D eigenvalue weighted by atomic mass is 9.79. The topological polar surface area (TPSA) is 116 Å². The summed E-state index contributed by atoms with van der Waals surface area (Å²) >= 11 is 0. The van der Waals surface area contributed by atoms with Gasteiger partial charge in [-0.25, -0.2) is 4.68 Å². The Hall–Kier alpha value is -3.75. The van der Waals surface area contributed by atoms with Crippen LogP contribution in [0.5, 0.6) is 0 Å². The van der Waals surface area contributed by atoms with E-state index in [-0.39, 0.29) is 17.4 Å². The molecule has 2 atom stereocenters. The first-order valence-electron chi connectivity index (χ1n) is 9.25. The fourth-order valence-corrected chi connectivity index (χ4v) is 4.16. The molecule has 1 aliphatic carbocycles. The highest BCUT2D eigenvalue weighted by Gasteiger charge is 2.40. The van der Waals surface area contributed by atoms with E-state index in [9.17, 15) is 14.9 Å². The number of anilines is 1. The number of furan rings is 1. The number of nitrogens with zero attached hydrogens (tertiary/aromatic N) is 4. The molecule has 2 aliphatic rings. The third kappa shape index (κ3) is 2.82. The van der Waals surface area contributed by atoms with Crippen molar-refractivity contribution < 1.29 is 14.1 Å². The van der Waals surface area contributed by atoms with E-state index in [2.05, 4.69) is 15.4 Å². The minimum atomic E-state index is -0.563. The van der Waals surface area contributed by atoms with E-state index in [4.69, 9.17) is 4.42 Å². The molecule has 0 spiro atoms. The summed E-state index contributed by atoms with van der Waals surface area (Å²) in [6.45, 7) is 1.77. The third-order valence-corrected chi connectivity index (χ3v) is 5.37. The van der Waals surface area contributed by atoms with Crippen LogP contribution in [0.1, 0.15) is 41.9 Å². The van der Waals surface area contributed by atoms with Crippen LogP contribution < -0.4 is 5.32 Å². The molecule has 3 heterocycles. The number of nitro benzene ring substituents is 1. The highest BCUT2D eigenvalue weighted by molar-refractivity contribution is 6.00. The second kappa shape index (κ2) is 6.40. The van der Waals surface area contributed by atoms with Crippen LogP contribution in [0.2, 0.25) is 0 Å². The zero-order chi connectivity index (χ0) is 20.1. The summed E-state index contributed by atoms with van der Waals surface area (Å²) in [6, 6.07) is 9.45. The molecule has 5 rings (SSSR count). The lowest BCUT2D eigenvalue weighted by molar-refractivity contribution is -0.384. The summed E-state index contributed by atoms with van der Waals surface area (Å²) in [5, 5.41) is 19.0. The number of aromatic nitrogens is 3. The standard InChI is InChI=1S/C20H17N5O4/c1-11-21-20-22-15-9-13(17-6-3-7-29-17)10-16(26)18(15)19(24(20)23-11)12-4-2-5-14(8-12)25(27)28/h2-8,13,19H,9-10H2,1H3,(H,21,22,23)/t13-,19-/m1/s1. The van der Waals surface area contributed by atoms with Crippen molar-refractivity contribution in [3.63, 3.8) is 0 Å². The summed E-state index contributed by atoms with van der Waals surface area (Å²) < 4.78 is 7.15. The number of ketones is 1. The number of non-ortho nitro benzene ring substituents is 1. The van der Waals surface area contributed by atoms with Gasteiger partial charge in [0.2, 0.25) is 5.95 Å². The molecule has 29 heavy (non-hydrogen) atoms. The highest BCUT2D eigenvalue weighted by atomic mass is 16.6. The van der Waals surface area contributed by atoms with Gasteiger partial charge in [-0.05, 0) is 31.0 Å². The maximum atomic E-state index is 13.2. The summed E-state index contributed by atoms with van der Waals surface area (Å²) in [7, 11) is 0. The number of nitro groups is 1. The molecule has 0 unspecified atom stereocenters. The second-order valence-corrected chi connectivity index (χ2v) is 7.24. The molecule has 146 valence electrons. The van der Waals surface area contributed by atoms with Crippen LogP contribution in [0.25, 0.3) is 0 Å². The molecule has 0 radical (unpaired) electrons. The molecule has 2 aromatic heterocycles. The van der Waals surface area contributed by atoms with E-state index < -0.39 is 11.0 Å². The number of carbonyl (C=O) groups excluding carboxylic acids is 1. The molecule has 0 bridgehead atoms. The van der Waals surface area contributed by atoms with Crippen molar-refractivity contribution in [1.82, 2.24) is 14.8 Å². The van der Waals surface area contributed by atoms with Crippen LogP contribution >= 0.6 is 0 Å². The van der Waals surface area contributed by atoms with E-state index in [1.807, 2.05) is 12.1 Å². The average molecular weight is 391 g/mol. The van der Waals surface area contributed by atoms with Gasteiger partial charge < -0.3 is 9.73 Å². The van der Waals surface area contributed by atoms with Crippen LogP contribution in [-0.2, 0) is 4.79 Å². The number of carbonyl (C=O) groups is 1. The lowest BCUT2D eigenvalue weighted by Crippen LogP contribution is -2.33. The Balaban J connectivity index is 1.65. The van der Waals surface area contributed by atoms with Crippen LogP contribution in [0.15, 0.2) is 58.3 Å². The number of fused-ring (bicyclic) bond motifs is 1. The van der Waals surface area contributed by atoms with Crippen LogP contribution in [-0.4, -0.2) is 25.5 Å². The first kappa shape index (κ1) is 17.4. The molecule has 0 saturated carbocycles. The van der Waals surface area contributed by atoms with Gasteiger partial charge in [0.05, 0.1) is 11.2 Å². The predicted molar refractivity (Wildman–Crippen MR) is 102 cm³/mol. The predicted octanol–water partition coefficient (Wildman–Crippen LogP) is 3.50. The zero-order valence-electron chi connectivity index (χ0n) is 15.5. The average Bonchev–Trinajstić information content (AvgIpc) is 3.35. The Bertz CT molecular complexity index is 1160. The van der Waals surface area contributed by atoms with Gasteiger partial charge in [0, 0.05) is 35.7 Å². The van der Waals surface area contributed by atoms with E-state index in [0.29, 0.717) is 35.8 Å². The zero-order valence-corrected chi connectivity index (χ0v) is 15.5. The van der Waals surface area contributed by atoms with Crippen molar-refractivity contribution in [3.05, 3.63) is 81.2 Å². The Kier molecular flexibility index (Phi) is 3.83. The van der Waals surface area contributed by atoms with Gasteiger partial charge in [0.25, 0.3) is 5.69 Å². The van der Waals surface area contributed by atoms with Gasteiger partial charge in [-0.1, -0.05) is 12.1 Å². The normalized spacial score (nSPS) is 20.8. The van der Waals surface area contributed by atoms with Gasteiger partial charge in [0.1, 0.15) is 17.6 Å². The van der Waals surface area contributed by atoms with E-state index in [0.717, 1.165) is 11.5 Å². The number of aryl methyl sites for hydroxylation is 1. The van der Waals surface area contributed by atoms with E-state index >= 15 is 0 Å². The maximum absolute atomic E-state index is 13.2. The number of rotatable bonds is 3. The second-order valence-electron chi connectivity index (χ2n) is 7.24. The van der Waals surface area contributed by atoms with Crippen LogP contribution in [0, 0.1) is 17.0 Å².